The number of nitrogens with zero attached hydrogens (tertiary/aromatic N) is 1. The van der Waals surface area contributed by atoms with Gasteiger partial charge < -0.3 is 4.90 Å². The van der Waals surface area contributed by atoms with E-state index in [2.05, 4.69) is 224 Å². The van der Waals surface area contributed by atoms with Crippen molar-refractivity contribution in [2.24, 2.45) is 0 Å². The van der Waals surface area contributed by atoms with Gasteiger partial charge in [0, 0.05) is 16.6 Å². The average Bonchev–Trinajstić information content (AvgIpc) is 3.76. The molecule has 1 spiro atoms. The van der Waals surface area contributed by atoms with Crippen molar-refractivity contribution in [3.8, 4) is 33.4 Å². The highest BCUT2D eigenvalue weighted by Crippen LogP contribution is 2.64. The molecule has 4 aliphatic carbocycles. The second-order valence-electron chi connectivity index (χ2n) is 22.2. The van der Waals surface area contributed by atoms with Crippen molar-refractivity contribution in [3.63, 3.8) is 0 Å². The van der Waals surface area contributed by atoms with Gasteiger partial charge in [-0.3, -0.25) is 0 Å². The first-order valence-electron chi connectivity index (χ1n) is 23.8. The minimum atomic E-state index is -0.472. The van der Waals surface area contributed by atoms with Gasteiger partial charge in [-0.15, -0.1) is 0 Å². The molecule has 1 nitrogen and oxygen atoms in total. The lowest BCUT2D eigenvalue weighted by Crippen LogP contribution is -2.34. The van der Waals surface area contributed by atoms with Crippen LogP contribution >= 0.6 is 0 Å². The summed E-state index contributed by atoms with van der Waals surface area (Å²) in [6.45, 7) is 19.6. The van der Waals surface area contributed by atoms with Crippen LogP contribution in [0.4, 0.5) is 17.1 Å². The summed E-state index contributed by atoms with van der Waals surface area (Å²) in [4.78, 5) is 2.65. The molecule has 0 unspecified atom stereocenters. The molecule has 0 heterocycles. The molecule has 0 fully saturated rings. The highest BCUT2D eigenvalue weighted by atomic mass is 15.1. The third kappa shape index (κ3) is 5.43. The van der Waals surface area contributed by atoms with Crippen LogP contribution in [-0.2, 0) is 27.1 Å². The first-order chi connectivity index (χ1) is 30.7. The van der Waals surface area contributed by atoms with Crippen LogP contribution in [0, 0.1) is 0 Å². The van der Waals surface area contributed by atoms with Crippen LogP contribution in [0.2, 0.25) is 0 Å². The number of anilines is 3. The predicted octanol–water partition coefficient (Wildman–Crippen LogP) is 17.0. The maximum absolute atomic E-state index is 2.65. The highest BCUT2D eigenvalue weighted by molar-refractivity contribution is 6.04. The Morgan fingerprint density at radius 2 is 0.812 bits per heavy atom. The summed E-state index contributed by atoms with van der Waals surface area (Å²) in [6, 6.07) is 63.7. The molecule has 64 heavy (non-hydrogen) atoms. The normalized spacial score (nSPS) is 18.4. The fourth-order valence-electron chi connectivity index (χ4n) is 12.8. The molecule has 0 saturated carbocycles. The van der Waals surface area contributed by atoms with Gasteiger partial charge in [0.1, 0.15) is 0 Å². The van der Waals surface area contributed by atoms with Gasteiger partial charge in [-0.05, 0) is 155 Å². The van der Waals surface area contributed by atoms with E-state index in [1.165, 1.54) is 125 Å². The van der Waals surface area contributed by atoms with E-state index in [-0.39, 0.29) is 21.7 Å². The Morgan fingerprint density at radius 3 is 1.42 bits per heavy atom. The number of fused-ring (bicyclic) bond motifs is 13. The Hall–Kier alpha value is -6.18. The Balaban J connectivity index is 1.23. The molecule has 8 aromatic carbocycles. The Bertz CT molecular complexity index is 3190. The monoisotopic (exact) mass is 829 g/mol. The molecule has 0 saturated heterocycles. The summed E-state index contributed by atoms with van der Waals surface area (Å²) in [6.07, 6.45) is 4.71. The largest absolute Gasteiger partial charge is 0.309 e. The van der Waals surface area contributed by atoms with Crippen LogP contribution in [0.3, 0.4) is 0 Å². The van der Waals surface area contributed by atoms with Crippen LogP contribution < -0.4 is 4.90 Å². The molecule has 0 bridgehead atoms. The molecule has 0 atom stereocenters. The standard InChI is InChI=1S/C63H59N/c1-59(2)32-34-61(5,6)55-36-41(28-30-52(55)59)47-38-48-46-23-13-16-26-51(46)63(49-24-14-11-21-44(49)45-22-12-15-25-50(45)63)54(48)39-58(47)64(57-27-17-19-40-18-9-10-20-43(40)57)42-29-31-53-56(37-42)62(7,8)35-33-60(53,3)4/h9-31,36-39H,32-35H2,1-8H3. The lowest BCUT2D eigenvalue weighted by molar-refractivity contribution is 0.332. The van der Waals surface area contributed by atoms with E-state index < -0.39 is 5.41 Å². The van der Waals surface area contributed by atoms with Crippen molar-refractivity contribution in [1.82, 2.24) is 0 Å². The maximum atomic E-state index is 2.65. The number of rotatable bonds is 4. The first kappa shape index (κ1) is 39.4. The van der Waals surface area contributed by atoms with Gasteiger partial charge in [-0.2, -0.15) is 0 Å². The molecule has 0 radical (unpaired) electrons. The lowest BCUT2D eigenvalue weighted by atomic mass is 9.63. The highest BCUT2D eigenvalue weighted by Gasteiger charge is 2.52. The summed E-state index contributed by atoms with van der Waals surface area (Å²) >= 11 is 0. The molecule has 0 amide bonds. The quantitative estimate of drug-likeness (QED) is 0.171. The van der Waals surface area contributed by atoms with Crippen LogP contribution in [0.1, 0.15) is 126 Å². The van der Waals surface area contributed by atoms with E-state index in [9.17, 15) is 0 Å². The Kier molecular flexibility index (Phi) is 8.27. The molecule has 1 heteroatoms. The Morgan fingerprint density at radius 1 is 0.328 bits per heavy atom. The molecule has 8 aromatic rings. The van der Waals surface area contributed by atoms with E-state index in [0.29, 0.717) is 0 Å². The van der Waals surface area contributed by atoms with Crippen LogP contribution in [0.25, 0.3) is 44.2 Å². The van der Waals surface area contributed by atoms with Gasteiger partial charge in [0.05, 0.1) is 16.8 Å². The minimum Gasteiger partial charge on any atom is -0.309 e. The molecular formula is C63H59N. The second kappa shape index (κ2) is 13.4. The predicted molar refractivity (Wildman–Crippen MR) is 271 cm³/mol. The SMILES string of the molecule is CC1(C)CCC(C)(C)c2cc(-c3cc4c(cc3N(c3ccc5c(c3)C(C)(C)CCC5(C)C)c3cccc5ccccc35)C3(c5ccccc5-c5ccccc53)c3ccccc3-4)ccc21. The van der Waals surface area contributed by atoms with Crippen LogP contribution in [0.5, 0.6) is 0 Å². The van der Waals surface area contributed by atoms with Gasteiger partial charge in [0.25, 0.3) is 0 Å². The van der Waals surface area contributed by atoms with Gasteiger partial charge in [-0.1, -0.05) is 189 Å². The number of benzene rings is 8. The molecule has 0 N–H and O–H groups in total. The summed E-state index contributed by atoms with van der Waals surface area (Å²) in [5, 5.41) is 2.49. The topological polar surface area (TPSA) is 3.24 Å². The van der Waals surface area contributed by atoms with Crippen molar-refractivity contribution in [3.05, 3.63) is 208 Å². The molecular weight excluding hydrogens is 771 g/mol. The van der Waals surface area contributed by atoms with Gasteiger partial charge in [0.15, 0.2) is 0 Å². The third-order valence-corrected chi connectivity index (χ3v) is 16.6. The summed E-state index contributed by atoms with van der Waals surface area (Å²) < 4.78 is 0. The number of hydrogen-bond acceptors (Lipinski definition) is 1. The number of hydrogen-bond donors (Lipinski definition) is 0. The summed E-state index contributed by atoms with van der Waals surface area (Å²) in [7, 11) is 0. The average molecular weight is 830 g/mol. The van der Waals surface area contributed by atoms with Crippen molar-refractivity contribution < 1.29 is 0 Å². The van der Waals surface area contributed by atoms with E-state index >= 15 is 0 Å². The van der Waals surface area contributed by atoms with Crippen LogP contribution in [-0.4, -0.2) is 0 Å². The fraction of sp³-hybridized carbons (Fsp3) is 0.270. The van der Waals surface area contributed by atoms with Gasteiger partial charge in [-0.25, -0.2) is 0 Å². The lowest BCUT2D eigenvalue weighted by Gasteiger charge is -2.43. The zero-order chi connectivity index (χ0) is 44.0. The van der Waals surface area contributed by atoms with Gasteiger partial charge >= 0.3 is 0 Å². The molecule has 12 rings (SSSR count). The van der Waals surface area contributed by atoms with Gasteiger partial charge in [0.2, 0.25) is 0 Å². The first-order valence-corrected chi connectivity index (χ1v) is 23.8. The minimum absolute atomic E-state index is 0.0475. The van der Waals surface area contributed by atoms with E-state index in [1.54, 1.807) is 0 Å². The van der Waals surface area contributed by atoms with E-state index in [0.717, 1.165) is 6.42 Å². The third-order valence-electron chi connectivity index (χ3n) is 16.6. The van der Waals surface area contributed by atoms with Crippen LogP contribution in [0.15, 0.2) is 164 Å². The molecule has 4 aliphatic rings. The zero-order valence-electron chi connectivity index (χ0n) is 38.9. The maximum Gasteiger partial charge on any atom is 0.0726 e. The molecule has 0 aliphatic heterocycles. The summed E-state index contributed by atoms with van der Waals surface area (Å²) in [5.74, 6) is 0. The van der Waals surface area contributed by atoms with E-state index in [1.807, 2.05) is 0 Å². The van der Waals surface area contributed by atoms with Crippen molar-refractivity contribution in [2.45, 2.75) is 108 Å². The van der Waals surface area contributed by atoms with Crippen molar-refractivity contribution >= 4 is 27.8 Å². The van der Waals surface area contributed by atoms with Crippen molar-refractivity contribution in [2.75, 3.05) is 4.90 Å². The second-order valence-corrected chi connectivity index (χ2v) is 22.2. The summed E-state index contributed by atoms with van der Waals surface area (Å²) in [5.41, 5.74) is 22.7. The molecule has 316 valence electrons. The smallest absolute Gasteiger partial charge is 0.0726 e. The zero-order valence-corrected chi connectivity index (χ0v) is 38.9. The van der Waals surface area contributed by atoms with Crippen molar-refractivity contribution in [1.29, 1.82) is 0 Å². The van der Waals surface area contributed by atoms with E-state index in [4.69, 9.17) is 0 Å². The Labute approximate surface area is 380 Å². The fourth-order valence-corrected chi connectivity index (χ4v) is 12.8. The molecule has 0 aromatic heterocycles.